The van der Waals surface area contributed by atoms with Gasteiger partial charge in [-0.15, -0.1) is 11.5 Å². The van der Waals surface area contributed by atoms with Crippen molar-refractivity contribution in [2.75, 3.05) is 0 Å². The molecule has 0 aliphatic heterocycles. The molecule has 25 heavy (non-hydrogen) atoms. The van der Waals surface area contributed by atoms with Crippen molar-refractivity contribution in [2.24, 2.45) is 0 Å². The van der Waals surface area contributed by atoms with Crippen LogP contribution in [-0.4, -0.2) is 22.8 Å². The summed E-state index contributed by atoms with van der Waals surface area (Å²) in [5, 5.41) is 20.0. The van der Waals surface area contributed by atoms with E-state index in [1.54, 1.807) is 0 Å². The second-order valence-electron chi connectivity index (χ2n) is 7.24. The van der Waals surface area contributed by atoms with E-state index in [4.69, 9.17) is 6.64 Å². The van der Waals surface area contributed by atoms with E-state index in [1.807, 2.05) is 41.5 Å². The molecule has 0 aromatic heterocycles. The molecule has 0 aromatic carbocycles. The van der Waals surface area contributed by atoms with Crippen LogP contribution in [0.15, 0.2) is 23.7 Å². The zero-order valence-corrected chi connectivity index (χ0v) is 18.7. The summed E-state index contributed by atoms with van der Waals surface area (Å²) in [4.78, 5) is 20.0. The normalized spacial score (nSPS) is 12.1. The third kappa shape index (κ3) is 45.1. The SMILES string of the molecule is CC(=O)/C=C(/C)[O-].CC(=O)/C=C(/C)[O-].CC(C)(C)[O][Ti+2][O]C(C)(C)C. The van der Waals surface area contributed by atoms with E-state index >= 15 is 0 Å². The number of rotatable bonds is 4. The van der Waals surface area contributed by atoms with Crippen LogP contribution in [0.4, 0.5) is 0 Å². The molecule has 6 nitrogen and oxygen atoms in total. The Kier molecular flexibility index (Phi) is 16.4. The molecular weight excluding hydrogens is 360 g/mol. The first-order valence-electron chi connectivity index (χ1n) is 7.79. The molecule has 0 amide bonds. The van der Waals surface area contributed by atoms with Gasteiger partial charge < -0.3 is 10.2 Å². The zero-order chi connectivity index (χ0) is 20.8. The molecule has 0 unspecified atom stereocenters. The summed E-state index contributed by atoms with van der Waals surface area (Å²) in [6, 6.07) is 0. The molecule has 0 fully saturated rings. The van der Waals surface area contributed by atoms with Crippen LogP contribution in [-0.2, 0) is 36.2 Å². The zero-order valence-electron chi connectivity index (χ0n) is 17.1. The van der Waals surface area contributed by atoms with Gasteiger partial charge in [-0.05, 0) is 26.0 Å². The fraction of sp³-hybridized carbons (Fsp3) is 0.667. The van der Waals surface area contributed by atoms with Gasteiger partial charge in [-0.3, -0.25) is 9.59 Å². The van der Waals surface area contributed by atoms with Gasteiger partial charge in [0.25, 0.3) is 0 Å². The molecular formula is C18H32O6Ti. The Labute approximate surface area is 162 Å². The maximum absolute atomic E-state index is 9.98. The van der Waals surface area contributed by atoms with Crippen molar-refractivity contribution in [3.63, 3.8) is 0 Å². The Morgan fingerprint density at radius 2 is 0.960 bits per heavy atom. The van der Waals surface area contributed by atoms with Crippen molar-refractivity contribution in [3.05, 3.63) is 23.7 Å². The number of allylic oxidation sites excluding steroid dienone is 4. The van der Waals surface area contributed by atoms with E-state index in [1.165, 1.54) is 27.7 Å². The number of ketones is 2. The van der Waals surface area contributed by atoms with Crippen LogP contribution in [0.1, 0.15) is 69.2 Å². The van der Waals surface area contributed by atoms with Gasteiger partial charge in [0, 0.05) is 0 Å². The van der Waals surface area contributed by atoms with Gasteiger partial charge in [0.05, 0.1) is 0 Å². The van der Waals surface area contributed by atoms with Crippen LogP contribution in [0.25, 0.3) is 0 Å². The molecule has 0 saturated carbocycles. The Bertz CT molecular complexity index is 403. The van der Waals surface area contributed by atoms with E-state index in [0.717, 1.165) is 12.2 Å². The summed E-state index contributed by atoms with van der Waals surface area (Å²) in [6.07, 6.45) is 2.11. The first-order valence-corrected chi connectivity index (χ1v) is 9.06. The van der Waals surface area contributed by atoms with Crippen LogP contribution in [0, 0.1) is 0 Å². The molecule has 7 heteroatoms. The molecule has 0 bridgehead atoms. The number of carbonyl (C=O) groups is 2. The summed E-state index contributed by atoms with van der Waals surface area (Å²) < 4.78 is 11.0. The molecule has 144 valence electrons. The minimum absolute atomic E-state index is 0.0503. The van der Waals surface area contributed by atoms with Crippen LogP contribution >= 0.6 is 0 Å². The van der Waals surface area contributed by atoms with Gasteiger partial charge in [0.2, 0.25) is 0 Å². The van der Waals surface area contributed by atoms with Gasteiger partial charge in [0.15, 0.2) is 11.6 Å². The van der Waals surface area contributed by atoms with E-state index in [-0.39, 0.29) is 34.3 Å². The maximum atomic E-state index is 9.98. The first-order chi connectivity index (χ1) is 11.0. The van der Waals surface area contributed by atoms with Crippen molar-refractivity contribution in [3.8, 4) is 0 Å². The molecule has 0 heterocycles. The third-order valence-electron chi connectivity index (χ3n) is 1.51. The second-order valence-corrected chi connectivity index (χ2v) is 8.14. The fourth-order valence-corrected chi connectivity index (χ4v) is 1.69. The van der Waals surface area contributed by atoms with E-state index < -0.39 is 19.9 Å². The van der Waals surface area contributed by atoms with Crippen LogP contribution in [0.3, 0.4) is 0 Å². The van der Waals surface area contributed by atoms with E-state index in [9.17, 15) is 19.8 Å². The minimum atomic E-state index is -0.681. The van der Waals surface area contributed by atoms with E-state index in [2.05, 4.69) is 0 Å². The average Bonchev–Trinajstić information content (AvgIpc) is 2.21. The van der Waals surface area contributed by atoms with Crippen molar-refractivity contribution in [1.82, 2.24) is 0 Å². The first kappa shape index (κ1) is 28.8. The van der Waals surface area contributed by atoms with Crippen molar-refractivity contribution in [1.29, 1.82) is 0 Å². The molecule has 0 atom stereocenters. The molecule has 0 spiro atoms. The molecule has 0 aromatic rings. The molecule has 0 saturated heterocycles. The Morgan fingerprint density at radius 3 is 1.04 bits per heavy atom. The fourth-order valence-electron chi connectivity index (χ4n) is 0.843. The second kappa shape index (κ2) is 14.2. The Morgan fingerprint density at radius 1 is 0.720 bits per heavy atom. The van der Waals surface area contributed by atoms with Crippen molar-refractivity contribution >= 4 is 11.6 Å². The van der Waals surface area contributed by atoms with Crippen LogP contribution in [0.5, 0.6) is 0 Å². The van der Waals surface area contributed by atoms with Crippen molar-refractivity contribution < 1.29 is 46.4 Å². The quantitative estimate of drug-likeness (QED) is 0.413. The predicted molar refractivity (Wildman–Crippen MR) is 90.6 cm³/mol. The summed E-state index contributed by atoms with van der Waals surface area (Å²) in [5.41, 5.74) is -0.101. The predicted octanol–water partition coefficient (Wildman–Crippen LogP) is 2.21. The van der Waals surface area contributed by atoms with E-state index in [0.29, 0.717) is 0 Å². The monoisotopic (exact) mass is 392 g/mol. The van der Waals surface area contributed by atoms with Gasteiger partial charge in [-0.25, -0.2) is 0 Å². The summed E-state index contributed by atoms with van der Waals surface area (Å²) >= 11 is -0.681. The summed E-state index contributed by atoms with van der Waals surface area (Å²) in [6.45, 7) is 17.7. The molecule has 0 radical (unpaired) electrons. The third-order valence-corrected chi connectivity index (χ3v) is 3.68. The summed E-state index contributed by atoms with van der Waals surface area (Å²) in [5.74, 6) is -0.750. The summed E-state index contributed by atoms with van der Waals surface area (Å²) in [7, 11) is 0. The number of hydrogen-bond donors (Lipinski definition) is 0. The van der Waals surface area contributed by atoms with Gasteiger partial charge in [0.1, 0.15) is 0 Å². The molecule has 0 N–H and O–H groups in total. The van der Waals surface area contributed by atoms with Crippen LogP contribution in [0.2, 0.25) is 0 Å². The molecule has 0 aliphatic rings. The van der Waals surface area contributed by atoms with Gasteiger partial charge in [-0.1, -0.05) is 13.8 Å². The average molecular weight is 392 g/mol. The van der Waals surface area contributed by atoms with Crippen molar-refractivity contribution in [2.45, 2.75) is 80.4 Å². The topological polar surface area (TPSA) is 98.7 Å². The Balaban J connectivity index is -0.000000304. The van der Waals surface area contributed by atoms with Crippen LogP contribution < -0.4 is 10.2 Å². The van der Waals surface area contributed by atoms with Gasteiger partial charge >= 0.3 is 79.3 Å². The number of hydrogen-bond acceptors (Lipinski definition) is 6. The number of carbonyl (C=O) groups excluding carboxylic acids is 2. The standard InChI is InChI=1S/2C5H8O2.2C4H9O.Ti/c2*1-4(6)3-5(2)7;2*1-4(2,3)5;/h2*3,6H,1-2H3;2*1-3H3;/q;;2*-1;+4/p-2/b2*4-3-;;;. The Hall–Kier alpha value is -0.946. The molecule has 0 aliphatic carbocycles. The molecule has 0 rings (SSSR count). The van der Waals surface area contributed by atoms with Gasteiger partial charge in [-0.2, -0.15) is 0 Å².